The molecule has 1 unspecified atom stereocenters. The van der Waals surface area contributed by atoms with Crippen LogP contribution in [0.4, 0.5) is 5.69 Å². The molecule has 1 saturated heterocycles. The zero-order valence-corrected chi connectivity index (χ0v) is 17.3. The summed E-state index contributed by atoms with van der Waals surface area (Å²) in [5.41, 5.74) is 1.67. The predicted octanol–water partition coefficient (Wildman–Crippen LogP) is 1.64. The van der Waals surface area contributed by atoms with Gasteiger partial charge in [0.2, 0.25) is 11.8 Å². The van der Waals surface area contributed by atoms with Gasteiger partial charge in [-0.2, -0.15) is 0 Å². The van der Waals surface area contributed by atoms with E-state index in [2.05, 4.69) is 22.6 Å². The molecule has 0 bridgehead atoms. The first-order chi connectivity index (χ1) is 11.5. The summed E-state index contributed by atoms with van der Waals surface area (Å²) in [6.45, 7) is 5.93. The molecule has 1 atom stereocenters. The molecule has 2 amide bonds. The molecule has 0 aliphatic carbocycles. The average Bonchev–Trinajstić information content (AvgIpc) is 2.56. The van der Waals surface area contributed by atoms with Crippen molar-refractivity contribution in [3.63, 3.8) is 0 Å². The molecule has 148 valence electrons. The van der Waals surface area contributed by atoms with Gasteiger partial charge in [0, 0.05) is 44.3 Å². The largest absolute Gasteiger partial charge is 0.340 e. The Hall–Kier alpha value is -1.34. The Bertz CT molecular complexity index is 578. The molecule has 1 aliphatic heterocycles. The number of carbonyl (C=O) groups is 2. The number of nitrogens with one attached hydrogen (secondary N) is 2. The van der Waals surface area contributed by atoms with Gasteiger partial charge < -0.3 is 20.4 Å². The summed E-state index contributed by atoms with van der Waals surface area (Å²) in [5, 5.41) is 5.91. The molecule has 2 N–H and O–H groups in total. The van der Waals surface area contributed by atoms with Crippen molar-refractivity contribution in [3.05, 3.63) is 29.8 Å². The number of halogens is 2. The van der Waals surface area contributed by atoms with Crippen molar-refractivity contribution in [1.29, 1.82) is 0 Å². The van der Waals surface area contributed by atoms with Gasteiger partial charge in [-0.3, -0.25) is 9.59 Å². The Balaban J connectivity index is 0.00000312. The molecule has 6 nitrogen and oxygen atoms in total. The lowest BCUT2D eigenvalue weighted by Gasteiger charge is -2.32. The molecular weight excluding hydrogens is 375 g/mol. The van der Waals surface area contributed by atoms with Gasteiger partial charge in [0.05, 0.1) is 6.42 Å². The van der Waals surface area contributed by atoms with Crippen LogP contribution >= 0.6 is 24.8 Å². The molecular formula is C18H30Cl2N4O2. The highest BCUT2D eigenvalue weighted by molar-refractivity contribution is 5.92. The van der Waals surface area contributed by atoms with E-state index in [-0.39, 0.29) is 42.5 Å². The summed E-state index contributed by atoms with van der Waals surface area (Å²) in [5.74, 6) is 0.0210. The molecule has 1 fully saturated rings. The molecule has 1 aromatic carbocycles. The van der Waals surface area contributed by atoms with E-state index in [1.165, 1.54) is 0 Å². The van der Waals surface area contributed by atoms with Crippen LogP contribution in [0.1, 0.15) is 12.5 Å². The number of likely N-dealkylation sites (N-methyl/N-ethyl adjacent to an activating group) is 1. The predicted molar refractivity (Wildman–Crippen MR) is 110 cm³/mol. The van der Waals surface area contributed by atoms with Crippen LogP contribution in [0.25, 0.3) is 0 Å². The highest BCUT2D eigenvalue weighted by atomic mass is 35.5. The van der Waals surface area contributed by atoms with Crippen LogP contribution in [0.5, 0.6) is 0 Å². The van der Waals surface area contributed by atoms with Crippen LogP contribution in [0.3, 0.4) is 0 Å². The Morgan fingerprint density at radius 3 is 2.42 bits per heavy atom. The first-order valence-corrected chi connectivity index (χ1v) is 8.50. The maximum atomic E-state index is 12.4. The van der Waals surface area contributed by atoms with Crippen molar-refractivity contribution in [1.82, 2.24) is 15.1 Å². The fourth-order valence-corrected chi connectivity index (χ4v) is 2.77. The summed E-state index contributed by atoms with van der Waals surface area (Å²) in [6.07, 6.45) is 0.374. The van der Waals surface area contributed by atoms with E-state index in [0.29, 0.717) is 13.0 Å². The number of amides is 2. The molecule has 0 spiro atoms. The minimum absolute atomic E-state index is 0. The van der Waals surface area contributed by atoms with Crippen molar-refractivity contribution in [3.8, 4) is 0 Å². The van der Waals surface area contributed by atoms with E-state index in [0.717, 1.165) is 37.4 Å². The van der Waals surface area contributed by atoms with E-state index in [1.54, 1.807) is 0 Å². The number of anilines is 1. The van der Waals surface area contributed by atoms with Crippen LogP contribution in [0.15, 0.2) is 24.3 Å². The third kappa shape index (κ3) is 7.50. The van der Waals surface area contributed by atoms with Crippen molar-refractivity contribution in [2.45, 2.75) is 13.3 Å². The molecule has 0 aromatic heterocycles. The second kappa shape index (κ2) is 12.1. The highest BCUT2D eigenvalue weighted by Gasteiger charge is 2.19. The van der Waals surface area contributed by atoms with Gasteiger partial charge >= 0.3 is 0 Å². The van der Waals surface area contributed by atoms with Gasteiger partial charge in [0.15, 0.2) is 0 Å². The van der Waals surface area contributed by atoms with Gasteiger partial charge in [0.25, 0.3) is 0 Å². The van der Waals surface area contributed by atoms with Gasteiger partial charge in [0.1, 0.15) is 0 Å². The van der Waals surface area contributed by atoms with Gasteiger partial charge in [-0.05, 0) is 31.8 Å². The fourth-order valence-electron chi connectivity index (χ4n) is 2.77. The average molecular weight is 405 g/mol. The number of nitrogens with zero attached hydrogens (tertiary/aromatic N) is 2. The maximum Gasteiger partial charge on any atom is 0.228 e. The number of benzene rings is 1. The summed E-state index contributed by atoms with van der Waals surface area (Å²) < 4.78 is 0. The normalized spacial score (nSPS) is 15.4. The van der Waals surface area contributed by atoms with Crippen LogP contribution in [-0.2, 0) is 16.0 Å². The van der Waals surface area contributed by atoms with E-state index < -0.39 is 0 Å². The summed E-state index contributed by atoms with van der Waals surface area (Å²) in [7, 11) is 3.90. The maximum absolute atomic E-state index is 12.4. The van der Waals surface area contributed by atoms with Gasteiger partial charge in [-0.15, -0.1) is 24.8 Å². The molecule has 0 saturated carbocycles. The van der Waals surface area contributed by atoms with Crippen LogP contribution in [0, 0.1) is 5.92 Å². The van der Waals surface area contributed by atoms with Crippen molar-refractivity contribution < 1.29 is 9.59 Å². The van der Waals surface area contributed by atoms with E-state index in [1.807, 2.05) is 43.1 Å². The lowest BCUT2D eigenvalue weighted by atomic mass is 10.1. The summed E-state index contributed by atoms with van der Waals surface area (Å²) in [6, 6.07) is 7.55. The zero-order valence-electron chi connectivity index (χ0n) is 15.7. The van der Waals surface area contributed by atoms with Crippen molar-refractivity contribution >= 4 is 42.3 Å². The minimum Gasteiger partial charge on any atom is -0.340 e. The topological polar surface area (TPSA) is 64.7 Å². The summed E-state index contributed by atoms with van der Waals surface area (Å²) >= 11 is 0. The molecule has 1 aliphatic rings. The quantitative estimate of drug-likeness (QED) is 0.756. The molecule has 2 rings (SSSR count). The van der Waals surface area contributed by atoms with Crippen LogP contribution in [-0.4, -0.2) is 68.4 Å². The monoisotopic (exact) mass is 404 g/mol. The number of piperazine rings is 1. The molecule has 8 heteroatoms. The summed E-state index contributed by atoms with van der Waals surface area (Å²) in [4.78, 5) is 28.6. The third-order valence-corrected chi connectivity index (χ3v) is 4.36. The standard InChI is InChI=1S/C18H28N4O2.2ClH/c1-14(13-19-2)18(24)20-16-6-4-5-15(11-16)12-17(23)22-9-7-21(3)8-10-22;;/h4-6,11,14,19H,7-10,12-13H2,1-3H3,(H,20,24);2*1H. The minimum atomic E-state index is -0.106. The Morgan fingerprint density at radius 2 is 1.81 bits per heavy atom. The van der Waals surface area contributed by atoms with Crippen LogP contribution in [0.2, 0.25) is 0 Å². The number of hydrogen-bond donors (Lipinski definition) is 2. The number of carbonyl (C=O) groups excluding carboxylic acids is 2. The highest BCUT2D eigenvalue weighted by Crippen LogP contribution is 2.14. The van der Waals surface area contributed by atoms with Gasteiger partial charge in [-0.1, -0.05) is 19.1 Å². The first-order valence-electron chi connectivity index (χ1n) is 8.50. The number of rotatable bonds is 6. The number of hydrogen-bond acceptors (Lipinski definition) is 4. The van der Waals surface area contributed by atoms with E-state index >= 15 is 0 Å². The Morgan fingerprint density at radius 1 is 1.15 bits per heavy atom. The fraction of sp³-hybridized carbons (Fsp3) is 0.556. The van der Waals surface area contributed by atoms with E-state index in [4.69, 9.17) is 0 Å². The van der Waals surface area contributed by atoms with Gasteiger partial charge in [-0.25, -0.2) is 0 Å². The lowest BCUT2D eigenvalue weighted by Crippen LogP contribution is -2.47. The zero-order chi connectivity index (χ0) is 17.5. The third-order valence-electron chi connectivity index (χ3n) is 4.36. The molecule has 26 heavy (non-hydrogen) atoms. The molecule has 0 radical (unpaired) electrons. The Labute approximate surface area is 168 Å². The first kappa shape index (κ1) is 24.7. The van der Waals surface area contributed by atoms with Crippen molar-refractivity contribution in [2.24, 2.45) is 5.92 Å². The SMILES string of the molecule is CNCC(C)C(=O)Nc1cccc(CC(=O)N2CCN(C)CC2)c1.Cl.Cl. The second-order valence-corrected chi connectivity index (χ2v) is 6.51. The smallest absolute Gasteiger partial charge is 0.228 e. The molecule has 1 aromatic rings. The van der Waals surface area contributed by atoms with Crippen molar-refractivity contribution in [2.75, 3.05) is 52.1 Å². The Kier molecular flexibility index (Phi) is 11.5. The second-order valence-electron chi connectivity index (χ2n) is 6.51. The van der Waals surface area contributed by atoms with Crippen LogP contribution < -0.4 is 10.6 Å². The lowest BCUT2D eigenvalue weighted by molar-refractivity contribution is -0.132. The molecule has 1 heterocycles. The van der Waals surface area contributed by atoms with E-state index in [9.17, 15) is 9.59 Å².